The van der Waals surface area contributed by atoms with E-state index in [4.69, 9.17) is 0 Å². The third-order valence-corrected chi connectivity index (χ3v) is 3.77. The van der Waals surface area contributed by atoms with E-state index < -0.39 is 0 Å². The smallest absolute Gasteiger partial charge is 0.241 e. The quantitative estimate of drug-likeness (QED) is 0.935. The van der Waals surface area contributed by atoms with Crippen LogP contribution < -0.4 is 5.32 Å². The van der Waals surface area contributed by atoms with Gasteiger partial charge in [-0.25, -0.2) is 9.37 Å². The maximum atomic E-state index is 12.7. The molecule has 0 bridgehead atoms. The molecular weight excluding hydrogens is 265 g/mol. The Morgan fingerprint density at radius 2 is 2.11 bits per heavy atom. The number of aromatic nitrogens is 2. The van der Waals surface area contributed by atoms with E-state index in [1.54, 1.807) is 12.1 Å². The Kier molecular flexibility index (Phi) is 3.25. The Balaban J connectivity index is 1.59. The van der Waals surface area contributed by atoms with Gasteiger partial charge in [-0.2, -0.15) is 4.37 Å². The second-order valence-corrected chi connectivity index (χ2v) is 5.37. The molecule has 6 heteroatoms. The molecule has 0 unspecified atom stereocenters. The molecule has 1 N–H and O–H groups in total. The van der Waals surface area contributed by atoms with Crippen LogP contribution in [0.3, 0.4) is 0 Å². The van der Waals surface area contributed by atoms with Crippen LogP contribution in [-0.4, -0.2) is 15.3 Å². The molecule has 0 radical (unpaired) electrons. The third kappa shape index (κ3) is 3.14. The fourth-order valence-electron chi connectivity index (χ4n) is 1.74. The molecular formula is C13H12FN3OS. The molecule has 1 aromatic carbocycles. The maximum Gasteiger partial charge on any atom is 0.241 e. The summed E-state index contributed by atoms with van der Waals surface area (Å²) >= 11 is 1.34. The van der Waals surface area contributed by atoms with Crippen LogP contribution in [0, 0.1) is 5.82 Å². The number of anilines is 1. The first-order chi connectivity index (χ1) is 9.20. The predicted molar refractivity (Wildman–Crippen MR) is 70.6 cm³/mol. The number of carbonyl (C=O) groups is 1. The van der Waals surface area contributed by atoms with Gasteiger partial charge in [0, 0.05) is 5.92 Å². The van der Waals surface area contributed by atoms with Gasteiger partial charge in [0.05, 0.1) is 6.42 Å². The van der Waals surface area contributed by atoms with Gasteiger partial charge in [-0.15, -0.1) is 0 Å². The van der Waals surface area contributed by atoms with E-state index in [0.717, 1.165) is 23.4 Å². The molecule has 98 valence electrons. The Morgan fingerprint density at radius 3 is 2.79 bits per heavy atom. The van der Waals surface area contributed by atoms with Crippen molar-refractivity contribution in [3.63, 3.8) is 0 Å². The number of benzene rings is 1. The lowest BCUT2D eigenvalue weighted by molar-refractivity contribution is -0.115. The lowest BCUT2D eigenvalue weighted by Crippen LogP contribution is -2.15. The van der Waals surface area contributed by atoms with Crippen molar-refractivity contribution in [1.82, 2.24) is 9.36 Å². The molecule has 1 aliphatic rings. The monoisotopic (exact) mass is 277 g/mol. The lowest BCUT2D eigenvalue weighted by atomic mass is 10.1. The number of nitrogens with one attached hydrogen (secondary N) is 1. The number of rotatable bonds is 4. The van der Waals surface area contributed by atoms with Crippen LogP contribution in [0.15, 0.2) is 24.3 Å². The van der Waals surface area contributed by atoms with Gasteiger partial charge in [0.25, 0.3) is 0 Å². The number of amides is 1. The first kappa shape index (κ1) is 12.2. The molecule has 19 heavy (non-hydrogen) atoms. The van der Waals surface area contributed by atoms with Crippen molar-refractivity contribution >= 4 is 23.4 Å². The molecule has 3 rings (SSSR count). The summed E-state index contributed by atoms with van der Waals surface area (Å²) in [6.45, 7) is 0. The van der Waals surface area contributed by atoms with Crippen LogP contribution in [-0.2, 0) is 11.2 Å². The molecule has 1 fully saturated rings. The summed E-state index contributed by atoms with van der Waals surface area (Å²) in [5, 5.41) is 3.66. The van der Waals surface area contributed by atoms with Crippen molar-refractivity contribution in [1.29, 1.82) is 0 Å². The van der Waals surface area contributed by atoms with E-state index in [2.05, 4.69) is 14.7 Å². The molecule has 4 nitrogen and oxygen atoms in total. The highest BCUT2D eigenvalue weighted by molar-refractivity contribution is 7.05. The largest absolute Gasteiger partial charge is 0.293 e. The zero-order valence-electron chi connectivity index (χ0n) is 10.1. The molecule has 0 atom stereocenters. The number of nitrogens with zero attached hydrogens (tertiary/aromatic N) is 2. The zero-order chi connectivity index (χ0) is 13.2. The minimum Gasteiger partial charge on any atom is -0.293 e. The van der Waals surface area contributed by atoms with Crippen molar-refractivity contribution in [3.05, 3.63) is 40.7 Å². The Labute approximate surface area is 113 Å². The third-order valence-electron chi connectivity index (χ3n) is 2.90. The average Bonchev–Trinajstić information content (AvgIpc) is 3.14. The summed E-state index contributed by atoms with van der Waals surface area (Å²) in [6.07, 6.45) is 2.52. The summed E-state index contributed by atoms with van der Waals surface area (Å²) in [6, 6.07) is 5.88. The Bertz CT molecular complexity index is 592. The van der Waals surface area contributed by atoms with Gasteiger partial charge in [-0.05, 0) is 42.1 Å². The van der Waals surface area contributed by atoms with E-state index in [1.165, 1.54) is 23.7 Å². The molecule has 1 aliphatic carbocycles. The highest BCUT2D eigenvalue weighted by Gasteiger charge is 2.27. The minimum atomic E-state index is -0.306. The van der Waals surface area contributed by atoms with Gasteiger partial charge in [0.15, 0.2) is 0 Å². The zero-order valence-corrected chi connectivity index (χ0v) is 10.9. The highest BCUT2D eigenvalue weighted by Crippen LogP contribution is 2.41. The van der Waals surface area contributed by atoms with Crippen LogP contribution >= 0.6 is 11.5 Å². The second kappa shape index (κ2) is 5.05. The van der Waals surface area contributed by atoms with Gasteiger partial charge in [0.1, 0.15) is 10.8 Å². The van der Waals surface area contributed by atoms with E-state index in [0.29, 0.717) is 11.9 Å². The summed E-state index contributed by atoms with van der Waals surface area (Å²) < 4.78 is 16.8. The van der Waals surface area contributed by atoms with Crippen molar-refractivity contribution < 1.29 is 9.18 Å². The summed E-state index contributed by atoms with van der Waals surface area (Å²) in [5.41, 5.74) is 0.761. The number of hydrogen-bond acceptors (Lipinski definition) is 4. The van der Waals surface area contributed by atoms with Crippen LogP contribution in [0.5, 0.6) is 0 Å². The number of hydrogen-bond donors (Lipinski definition) is 1. The molecule has 1 amide bonds. The molecule has 1 heterocycles. The van der Waals surface area contributed by atoms with Crippen molar-refractivity contribution in [2.75, 3.05) is 5.32 Å². The lowest BCUT2D eigenvalue weighted by Gasteiger charge is -2.01. The summed E-state index contributed by atoms with van der Waals surface area (Å²) in [4.78, 5) is 16.1. The molecule has 0 saturated heterocycles. The van der Waals surface area contributed by atoms with Gasteiger partial charge in [0.2, 0.25) is 11.9 Å². The van der Waals surface area contributed by atoms with Crippen molar-refractivity contribution in [3.8, 4) is 0 Å². The first-order valence-corrected chi connectivity index (χ1v) is 6.86. The van der Waals surface area contributed by atoms with Crippen molar-refractivity contribution in [2.45, 2.75) is 25.2 Å². The van der Waals surface area contributed by atoms with Crippen LogP contribution in [0.4, 0.5) is 10.3 Å². The second-order valence-electron chi connectivity index (χ2n) is 4.58. The highest BCUT2D eigenvalue weighted by atomic mass is 32.1. The van der Waals surface area contributed by atoms with Crippen LogP contribution in [0.25, 0.3) is 0 Å². The molecule has 2 aromatic rings. The maximum absolute atomic E-state index is 12.7. The predicted octanol–water partition coefficient (Wildman–Crippen LogP) is 2.74. The normalized spacial score (nSPS) is 14.4. The average molecular weight is 277 g/mol. The molecule has 1 aromatic heterocycles. The fraction of sp³-hybridized carbons (Fsp3) is 0.308. The van der Waals surface area contributed by atoms with Gasteiger partial charge >= 0.3 is 0 Å². The van der Waals surface area contributed by atoms with Crippen molar-refractivity contribution in [2.24, 2.45) is 0 Å². The summed E-state index contributed by atoms with van der Waals surface area (Å²) in [5.74, 6) is 0.422. The van der Waals surface area contributed by atoms with E-state index in [-0.39, 0.29) is 18.1 Å². The Morgan fingerprint density at radius 1 is 1.37 bits per heavy atom. The van der Waals surface area contributed by atoms with E-state index in [9.17, 15) is 9.18 Å². The standard InChI is InChI=1S/C13H12FN3OS/c14-10-5-1-8(2-6-10)7-11(18)15-13-16-12(19-17-13)9-3-4-9/h1-2,5-6,9H,3-4,7H2,(H,15,17,18). The SMILES string of the molecule is O=C(Cc1ccc(F)cc1)Nc1nsc(C2CC2)n1. The number of carbonyl (C=O) groups excluding carboxylic acids is 1. The fourth-order valence-corrected chi connectivity index (χ4v) is 2.52. The molecule has 0 spiro atoms. The van der Waals surface area contributed by atoms with E-state index in [1.807, 2.05) is 0 Å². The van der Waals surface area contributed by atoms with Gasteiger partial charge in [-0.3, -0.25) is 10.1 Å². The van der Waals surface area contributed by atoms with Gasteiger partial charge in [-0.1, -0.05) is 12.1 Å². The van der Waals surface area contributed by atoms with Gasteiger partial charge < -0.3 is 0 Å². The van der Waals surface area contributed by atoms with E-state index >= 15 is 0 Å². The molecule has 0 aliphatic heterocycles. The summed E-state index contributed by atoms with van der Waals surface area (Å²) in [7, 11) is 0. The topological polar surface area (TPSA) is 54.9 Å². The first-order valence-electron chi connectivity index (χ1n) is 6.08. The Hall–Kier alpha value is -1.82. The van der Waals surface area contributed by atoms with Crippen LogP contribution in [0.2, 0.25) is 0 Å². The minimum absolute atomic E-state index is 0.188. The van der Waals surface area contributed by atoms with Crippen LogP contribution in [0.1, 0.15) is 29.3 Å². The molecule has 1 saturated carbocycles. The number of halogens is 1.